The Bertz CT molecular complexity index is 1120. The molecule has 134 valence electrons. The molecular weight excluding hydrogens is 429 g/mol. The van der Waals surface area contributed by atoms with Gasteiger partial charge in [-0.1, -0.05) is 29.5 Å². The first-order chi connectivity index (χ1) is 13.1. The average Bonchev–Trinajstić information content (AvgIpc) is 3.09. The molecule has 4 aromatic rings. The predicted octanol–water partition coefficient (Wildman–Crippen LogP) is 5.44. The van der Waals surface area contributed by atoms with Crippen LogP contribution >= 0.6 is 27.3 Å². The summed E-state index contributed by atoms with van der Waals surface area (Å²) in [6.45, 7) is 0.316. The minimum atomic E-state index is -0.325. The Morgan fingerprint density at radius 3 is 2.78 bits per heavy atom. The molecule has 0 radical (unpaired) electrons. The van der Waals surface area contributed by atoms with Crippen LogP contribution in [0.1, 0.15) is 15.9 Å². The van der Waals surface area contributed by atoms with Crippen LogP contribution < -0.4 is 4.90 Å². The van der Waals surface area contributed by atoms with E-state index in [0.717, 1.165) is 5.56 Å². The second-order valence-electron chi connectivity index (χ2n) is 5.84. The second kappa shape index (κ2) is 7.54. The minimum Gasteiger partial charge on any atom is -0.279 e. The first kappa shape index (κ1) is 17.8. The molecule has 2 heterocycles. The van der Waals surface area contributed by atoms with E-state index in [9.17, 15) is 9.18 Å². The van der Waals surface area contributed by atoms with Crippen molar-refractivity contribution in [1.29, 1.82) is 0 Å². The van der Waals surface area contributed by atoms with Crippen molar-refractivity contribution in [1.82, 2.24) is 9.97 Å². The Balaban J connectivity index is 1.79. The molecule has 7 heteroatoms. The van der Waals surface area contributed by atoms with Gasteiger partial charge < -0.3 is 0 Å². The molecule has 0 saturated carbocycles. The van der Waals surface area contributed by atoms with Crippen molar-refractivity contribution in [2.24, 2.45) is 0 Å². The fourth-order valence-corrected chi connectivity index (χ4v) is 4.12. The lowest BCUT2D eigenvalue weighted by Gasteiger charge is -2.20. The summed E-state index contributed by atoms with van der Waals surface area (Å²) in [5.41, 5.74) is 2.07. The molecule has 4 nitrogen and oxygen atoms in total. The molecular formula is C20H13BrFN3OS. The van der Waals surface area contributed by atoms with Crippen LogP contribution in [-0.2, 0) is 6.54 Å². The maximum absolute atomic E-state index is 13.6. The van der Waals surface area contributed by atoms with Crippen molar-refractivity contribution in [2.75, 3.05) is 4.90 Å². The van der Waals surface area contributed by atoms with Crippen LogP contribution in [0, 0.1) is 5.82 Å². The summed E-state index contributed by atoms with van der Waals surface area (Å²) in [7, 11) is 0. The van der Waals surface area contributed by atoms with Crippen LogP contribution in [0.4, 0.5) is 9.52 Å². The number of aromatic nitrogens is 2. The van der Waals surface area contributed by atoms with Gasteiger partial charge >= 0.3 is 0 Å². The summed E-state index contributed by atoms with van der Waals surface area (Å²) in [6.07, 6.45) is 3.40. The summed E-state index contributed by atoms with van der Waals surface area (Å²) < 4.78 is 15.0. The molecule has 0 fully saturated rings. The Morgan fingerprint density at radius 2 is 2.00 bits per heavy atom. The topological polar surface area (TPSA) is 46.1 Å². The maximum Gasteiger partial charge on any atom is 0.261 e. The van der Waals surface area contributed by atoms with Crippen LogP contribution in [0.3, 0.4) is 0 Å². The number of halogens is 2. The van der Waals surface area contributed by atoms with Crippen LogP contribution in [-0.4, -0.2) is 15.9 Å². The average molecular weight is 442 g/mol. The van der Waals surface area contributed by atoms with Crippen LogP contribution in [0.5, 0.6) is 0 Å². The van der Waals surface area contributed by atoms with Gasteiger partial charge in [-0.15, -0.1) is 0 Å². The summed E-state index contributed by atoms with van der Waals surface area (Å²) >= 11 is 4.73. The SMILES string of the molecule is O=C(c1ccccc1Br)N(Cc1cccnc1)c1nc2ccc(F)cc2s1. The van der Waals surface area contributed by atoms with E-state index in [1.165, 1.54) is 23.5 Å². The molecule has 0 atom stereocenters. The lowest BCUT2D eigenvalue weighted by atomic mass is 10.2. The number of nitrogens with zero attached hydrogens (tertiary/aromatic N) is 3. The van der Waals surface area contributed by atoms with Gasteiger partial charge in [0.2, 0.25) is 0 Å². The number of fused-ring (bicyclic) bond motifs is 1. The van der Waals surface area contributed by atoms with Crippen molar-refractivity contribution in [3.63, 3.8) is 0 Å². The monoisotopic (exact) mass is 441 g/mol. The van der Waals surface area contributed by atoms with Crippen LogP contribution in [0.15, 0.2) is 71.5 Å². The van der Waals surface area contributed by atoms with Gasteiger partial charge in [-0.25, -0.2) is 9.37 Å². The molecule has 0 aliphatic rings. The van der Waals surface area contributed by atoms with E-state index in [1.807, 2.05) is 30.3 Å². The lowest BCUT2D eigenvalue weighted by molar-refractivity contribution is 0.0984. The molecule has 4 rings (SSSR count). The number of carbonyl (C=O) groups excluding carboxylic acids is 1. The summed E-state index contributed by atoms with van der Waals surface area (Å²) in [5.74, 6) is -0.514. The van der Waals surface area contributed by atoms with E-state index >= 15 is 0 Å². The number of amides is 1. The number of thiazole rings is 1. The van der Waals surface area contributed by atoms with Gasteiger partial charge in [-0.05, 0) is 57.9 Å². The highest BCUT2D eigenvalue weighted by Gasteiger charge is 2.23. The second-order valence-corrected chi connectivity index (χ2v) is 7.70. The molecule has 2 aromatic carbocycles. The van der Waals surface area contributed by atoms with E-state index in [0.29, 0.717) is 31.9 Å². The van der Waals surface area contributed by atoms with Gasteiger partial charge in [0, 0.05) is 16.9 Å². The summed E-state index contributed by atoms with van der Waals surface area (Å²) in [5, 5.41) is 0.514. The maximum atomic E-state index is 13.6. The minimum absolute atomic E-state index is 0.189. The van der Waals surface area contributed by atoms with E-state index in [4.69, 9.17) is 0 Å². The molecule has 0 unspecified atom stereocenters. The van der Waals surface area contributed by atoms with Crippen molar-refractivity contribution >= 4 is 48.5 Å². The number of hydrogen-bond donors (Lipinski definition) is 0. The number of anilines is 1. The standard InChI is InChI=1S/C20H13BrFN3OS/c21-16-6-2-1-5-15(16)19(26)25(12-13-4-3-9-23-11-13)20-24-17-8-7-14(22)10-18(17)27-20/h1-11H,12H2. The number of pyridine rings is 1. The molecule has 2 aromatic heterocycles. The number of rotatable bonds is 4. The van der Waals surface area contributed by atoms with Crippen molar-refractivity contribution < 1.29 is 9.18 Å². The zero-order valence-electron chi connectivity index (χ0n) is 14.0. The highest BCUT2D eigenvalue weighted by molar-refractivity contribution is 9.10. The molecule has 1 amide bonds. The zero-order valence-corrected chi connectivity index (χ0v) is 16.4. The van der Waals surface area contributed by atoms with Gasteiger partial charge in [0.1, 0.15) is 5.82 Å². The lowest BCUT2D eigenvalue weighted by Crippen LogP contribution is -2.30. The van der Waals surface area contributed by atoms with Gasteiger partial charge in [0.25, 0.3) is 5.91 Å². The Labute approximate surface area is 167 Å². The molecule has 0 saturated heterocycles. The van der Waals surface area contributed by atoms with Gasteiger partial charge in [0.15, 0.2) is 5.13 Å². The van der Waals surface area contributed by atoms with Crippen molar-refractivity contribution in [3.05, 3.63) is 88.4 Å². The highest BCUT2D eigenvalue weighted by Crippen LogP contribution is 2.32. The smallest absolute Gasteiger partial charge is 0.261 e. The van der Waals surface area contributed by atoms with Crippen LogP contribution in [0.2, 0.25) is 0 Å². The van der Waals surface area contributed by atoms with E-state index in [-0.39, 0.29) is 11.7 Å². The third-order valence-corrected chi connectivity index (χ3v) is 5.72. The van der Waals surface area contributed by atoms with Crippen molar-refractivity contribution in [3.8, 4) is 0 Å². The third kappa shape index (κ3) is 3.74. The molecule has 0 bridgehead atoms. The van der Waals surface area contributed by atoms with E-state index in [1.54, 1.807) is 29.4 Å². The number of benzene rings is 2. The van der Waals surface area contributed by atoms with Crippen LogP contribution in [0.25, 0.3) is 10.2 Å². The Morgan fingerprint density at radius 1 is 1.15 bits per heavy atom. The summed E-state index contributed by atoms with van der Waals surface area (Å²) in [6, 6.07) is 15.4. The fourth-order valence-electron chi connectivity index (χ4n) is 2.68. The van der Waals surface area contributed by atoms with Gasteiger partial charge in [0.05, 0.1) is 22.3 Å². The Hall–Kier alpha value is -2.64. The molecule has 27 heavy (non-hydrogen) atoms. The molecule has 0 N–H and O–H groups in total. The molecule has 0 aliphatic carbocycles. The molecule has 0 spiro atoms. The predicted molar refractivity (Wildman–Crippen MR) is 108 cm³/mol. The quantitative estimate of drug-likeness (QED) is 0.423. The number of hydrogen-bond acceptors (Lipinski definition) is 4. The fraction of sp³-hybridized carbons (Fsp3) is 0.0500. The third-order valence-electron chi connectivity index (χ3n) is 3.98. The summed E-state index contributed by atoms with van der Waals surface area (Å²) in [4.78, 5) is 23.5. The first-order valence-corrected chi connectivity index (χ1v) is 9.74. The number of carbonyl (C=O) groups is 1. The first-order valence-electron chi connectivity index (χ1n) is 8.13. The highest BCUT2D eigenvalue weighted by atomic mass is 79.9. The largest absolute Gasteiger partial charge is 0.279 e. The van der Waals surface area contributed by atoms with E-state index < -0.39 is 0 Å². The van der Waals surface area contributed by atoms with Gasteiger partial charge in [-0.2, -0.15) is 0 Å². The Kier molecular flexibility index (Phi) is 4.96. The zero-order chi connectivity index (χ0) is 18.8. The normalized spacial score (nSPS) is 10.9. The van der Waals surface area contributed by atoms with Crippen molar-refractivity contribution in [2.45, 2.75) is 6.54 Å². The van der Waals surface area contributed by atoms with Gasteiger partial charge in [-0.3, -0.25) is 14.7 Å². The van der Waals surface area contributed by atoms with E-state index in [2.05, 4.69) is 25.9 Å². The molecule has 0 aliphatic heterocycles.